The van der Waals surface area contributed by atoms with Crippen LogP contribution in [0, 0.1) is 0 Å². The zero-order valence-electron chi connectivity index (χ0n) is 9.23. The first-order valence-electron chi connectivity index (χ1n) is 5.42. The molecule has 6 heteroatoms. The number of nitrogens with zero attached hydrogens (tertiary/aromatic N) is 1. The molecule has 1 fully saturated rings. The van der Waals surface area contributed by atoms with Crippen LogP contribution in [-0.2, 0) is 4.79 Å². The molecular weight excluding hydrogens is 222 g/mol. The predicted octanol–water partition coefficient (Wildman–Crippen LogP) is -0.663. The van der Waals surface area contributed by atoms with Crippen LogP contribution in [0.3, 0.4) is 0 Å². The number of nitrogens with one attached hydrogen (secondary N) is 2. The van der Waals surface area contributed by atoms with Gasteiger partial charge in [0.1, 0.15) is 5.69 Å². The molecule has 0 bridgehead atoms. The van der Waals surface area contributed by atoms with E-state index < -0.39 is 0 Å². The predicted molar refractivity (Wildman–Crippen MR) is 60.6 cm³/mol. The summed E-state index contributed by atoms with van der Waals surface area (Å²) in [6, 6.07) is 4.39. The van der Waals surface area contributed by atoms with Crippen LogP contribution >= 0.6 is 0 Å². The average Bonchev–Trinajstić information content (AvgIpc) is 2.53. The Labute approximate surface area is 97.6 Å². The second-order valence-corrected chi connectivity index (χ2v) is 3.86. The van der Waals surface area contributed by atoms with Crippen molar-refractivity contribution in [1.82, 2.24) is 15.2 Å². The molecular formula is C11H13N3O3. The quantitative estimate of drug-likeness (QED) is 0.677. The van der Waals surface area contributed by atoms with E-state index in [2.05, 4.69) is 10.3 Å². The summed E-state index contributed by atoms with van der Waals surface area (Å²) in [5.74, 6) is -0.492. The van der Waals surface area contributed by atoms with Gasteiger partial charge >= 0.3 is 0 Å². The summed E-state index contributed by atoms with van der Waals surface area (Å²) in [4.78, 5) is 38.3. The van der Waals surface area contributed by atoms with Crippen LogP contribution in [0.5, 0.6) is 0 Å². The minimum absolute atomic E-state index is 0.0375. The number of hydrogen-bond donors (Lipinski definition) is 2. The Morgan fingerprint density at radius 2 is 2.12 bits per heavy atom. The van der Waals surface area contributed by atoms with Crippen molar-refractivity contribution >= 4 is 11.8 Å². The minimum Gasteiger partial charge on any atom is -0.354 e. The number of carbonyl (C=O) groups excluding carboxylic acids is 2. The molecule has 1 aromatic heterocycles. The zero-order valence-corrected chi connectivity index (χ0v) is 9.23. The van der Waals surface area contributed by atoms with Gasteiger partial charge in [-0.3, -0.25) is 14.4 Å². The Bertz CT molecular complexity index is 495. The zero-order chi connectivity index (χ0) is 12.3. The van der Waals surface area contributed by atoms with E-state index in [1.807, 2.05) is 0 Å². The van der Waals surface area contributed by atoms with Crippen LogP contribution in [0.4, 0.5) is 0 Å². The molecule has 1 aromatic rings. The third-order valence-electron chi connectivity index (χ3n) is 2.55. The van der Waals surface area contributed by atoms with Crippen LogP contribution in [0.25, 0.3) is 0 Å². The Balaban J connectivity index is 2.18. The monoisotopic (exact) mass is 235 g/mol. The molecule has 1 aliphatic heterocycles. The SMILES string of the molecule is O=C1CN(C(=O)c2cccc(=O)[nH]2)CCCN1. The smallest absolute Gasteiger partial charge is 0.270 e. The van der Waals surface area contributed by atoms with Gasteiger partial charge in [-0.25, -0.2) is 0 Å². The molecule has 6 nitrogen and oxygen atoms in total. The summed E-state index contributed by atoms with van der Waals surface area (Å²) in [6.45, 7) is 1.12. The Morgan fingerprint density at radius 1 is 1.29 bits per heavy atom. The van der Waals surface area contributed by atoms with Crippen LogP contribution in [0.2, 0.25) is 0 Å². The number of hydrogen-bond acceptors (Lipinski definition) is 3. The number of aromatic amines is 1. The lowest BCUT2D eigenvalue weighted by Gasteiger charge is -2.18. The summed E-state index contributed by atoms with van der Waals surface area (Å²) in [5, 5.41) is 2.69. The molecule has 1 saturated heterocycles. The maximum atomic E-state index is 12.0. The number of rotatable bonds is 1. The molecule has 2 amide bonds. The number of carbonyl (C=O) groups is 2. The summed E-state index contributed by atoms with van der Waals surface area (Å²) in [5.41, 5.74) is -0.109. The van der Waals surface area contributed by atoms with Crippen LogP contribution in [-0.4, -0.2) is 41.3 Å². The van der Waals surface area contributed by atoms with E-state index in [1.54, 1.807) is 0 Å². The average molecular weight is 235 g/mol. The standard InChI is InChI=1S/C11H13N3O3/c15-9-4-1-3-8(13-9)11(17)14-6-2-5-12-10(16)7-14/h1,3-4H,2,5-7H2,(H,12,16)(H,13,15). The highest BCUT2D eigenvalue weighted by Gasteiger charge is 2.21. The molecule has 0 unspecified atom stereocenters. The van der Waals surface area contributed by atoms with E-state index in [9.17, 15) is 14.4 Å². The van der Waals surface area contributed by atoms with Crippen LogP contribution in [0.15, 0.2) is 23.0 Å². The van der Waals surface area contributed by atoms with Crippen molar-refractivity contribution in [2.75, 3.05) is 19.6 Å². The van der Waals surface area contributed by atoms with Crippen molar-refractivity contribution in [3.63, 3.8) is 0 Å². The van der Waals surface area contributed by atoms with Gasteiger partial charge in [-0.1, -0.05) is 6.07 Å². The number of amides is 2. The summed E-state index contributed by atoms with van der Waals surface area (Å²) in [7, 11) is 0. The molecule has 0 aromatic carbocycles. The molecule has 0 spiro atoms. The second-order valence-electron chi connectivity index (χ2n) is 3.86. The number of pyridine rings is 1. The van der Waals surface area contributed by atoms with E-state index in [4.69, 9.17) is 0 Å². The molecule has 17 heavy (non-hydrogen) atoms. The van der Waals surface area contributed by atoms with Crippen LogP contribution in [0.1, 0.15) is 16.9 Å². The highest BCUT2D eigenvalue weighted by atomic mass is 16.2. The molecule has 0 atom stereocenters. The highest BCUT2D eigenvalue weighted by Crippen LogP contribution is 2.03. The summed E-state index contributed by atoms with van der Waals surface area (Å²) >= 11 is 0. The third-order valence-corrected chi connectivity index (χ3v) is 2.55. The van der Waals surface area contributed by atoms with Crippen molar-refractivity contribution in [3.8, 4) is 0 Å². The first-order chi connectivity index (χ1) is 8.16. The van der Waals surface area contributed by atoms with Gasteiger partial charge in [-0.05, 0) is 12.5 Å². The van der Waals surface area contributed by atoms with Crippen molar-refractivity contribution in [2.45, 2.75) is 6.42 Å². The second kappa shape index (κ2) is 4.82. The van der Waals surface area contributed by atoms with E-state index >= 15 is 0 Å². The fraction of sp³-hybridized carbons (Fsp3) is 0.364. The Hall–Kier alpha value is -2.11. The van der Waals surface area contributed by atoms with Gasteiger partial charge < -0.3 is 15.2 Å². The van der Waals surface area contributed by atoms with E-state index in [0.717, 1.165) is 0 Å². The fourth-order valence-corrected chi connectivity index (χ4v) is 1.72. The molecule has 90 valence electrons. The van der Waals surface area contributed by atoms with Gasteiger partial charge in [0, 0.05) is 19.2 Å². The Kier molecular flexibility index (Phi) is 3.22. The van der Waals surface area contributed by atoms with Gasteiger partial charge in [-0.15, -0.1) is 0 Å². The highest BCUT2D eigenvalue weighted by molar-refractivity contribution is 5.95. The number of aromatic nitrogens is 1. The van der Waals surface area contributed by atoms with E-state index in [1.165, 1.54) is 23.1 Å². The molecule has 2 rings (SSSR count). The topological polar surface area (TPSA) is 82.3 Å². The largest absolute Gasteiger partial charge is 0.354 e. The Morgan fingerprint density at radius 3 is 2.88 bits per heavy atom. The van der Waals surface area contributed by atoms with Crippen molar-refractivity contribution in [3.05, 3.63) is 34.2 Å². The van der Waals surface area contributed by atoms with E-state index in [0.29, 0.717) is 19.5 Å². The molecule has 2 heterocycles. The van der Waals surface area contributed by atoms with Gasteiger partial charge in [0.05, 0.1) is 6.54 Å². The molecule has 2 N–H and O–H groups in total. The molecule has 0 saturated carbocycles. The maximum absolute atomic E-state index is 12.0. The van der Waals surface area contributed by atoms with Gasteiger partial charge in [-0.2, -0.15) is 0 Å². The van der Waals surface area contributed by atoms with Gasteiger partial charge in [0.15, 0.2) is 0 Å². The van der Waals surface area contributed by atoms with Crippen molar-refractivity contribution < 1.29 is 9.59 Å². The first-order valence-corrected chi connectivity index (χ1v) is 5.42. The lowest BCUT2D eigenvalue weighted by atomic mass is 10.3. The summed E-state index contributed by atoms with van der Waals surface area (Å²) in [6.07, 6.45) is 0.717. The van der Waals surface area contributed by atoms with Crippen LogP contribution < -0.4 is 10.9 Å². The normalized spacial score (nSPS) is 16.2. The number of H-pyrrole nitrogens is 1. The summed E-state index contributed by atoms with van der Waals surface area (Å²) < 4.78 is 0. The van der Waals surface area contributed by atoms with Crippen molar-refractivity contribution in [2.24, 2.45) is 0 Å². The van der Waals surface area contributed by atoms with Gasteiger partial charge in [0.25, 0.3) is 5.91 Å². The fourth-order valence-electron chi connectivity index (χ4n) is 1.72. The van der Waals surface area contributed by atoms with Gasteiger partial charge in [0.2, 0.25) is 11.5 Å². The molecule has 0 radical (unpaired) electrons. The first kappa shape index (κ1) is 11.4. The minimum atomic E-state index is -0.324. The van der Waals surface area contributed by atoms with E-state index in [-0.39, 0.29) is 29.6 Å². The third kappa shape index (κ3) is 2.72. The lowest BCUT2D eigenvalue weighted by Crippen LogP contribution is -2.38. The molecule has 1 aliphatic rings. The van der Waals surface area contributed by atoms with Crippen molar-refractivity contribution in [1.29, 1.82) is 0 Å². The maximum Gasteiger partial charge on any atom is 0.270 e. The molecule has 0 aliphatic carbocycles. The lowest BCUT2D eigenvalue weighted by molar-refractivity contribution is -0.121.